The van der Waals surface area contributed by atoms with Crippen molar-refractivity contribution in [3.63, 3.8) is 0 Å². The zero-order valence-electron chi connectivity index (χ0n) is 11.0. The third kappa shape index (κ3) is 3.93. The zero-order chi connectivity index (χ0) is 15.4. The third-order valence-electron chi connectivity index (χ3n) is 2.94. The van der Waals surface area contributed by atoms with Gasteiger partial charge in [0.1, 0.15) is 5.75 Å². The zero-order valence-corrected chi connectivity index (χ0v) is 11.8. The molecule has 1 atom stereocenters. The Morgan fingerprint density at radius 1 is 1.29 bits per heavy atom. The minimum absolute atomic E-state index is 0.00587. The van der Waals surface area contributed by atoms with Crippen molar-refractivity contribution >= 4 is 23.2 Å². The first-order chi connectivity index (χ1) is 9.97. The van der Waals surface area contributed by atoms with Gasteiger partial charge < -0.3 is 16.2 Å². The Kier molecular flexibility index (Phi) is 4.77. The Hall–Kier alpha value is -2.11. The van der Waals surface area contributed by atoms with Gasteiger partial charge in [-0.2, -0.15) is 0 Å². The van der Waals surface area contributed by atoms with E-state index in [1.807, 2.05) is 0 Å². The minimum atomic E-state index is -0.840. The van der Waals surface area contributed by atoms with Crippen LogP contribution in [-0.2, 0) is 11.2 Å². The van der Waals surface area contributed by atoms with Crippen molar-refractivity contribution in [2.75, 3.05) is 5.32 Å². The van der Waals surface area contributed by atoms with Gasteiger partial charge in [0.25, 0.3) is 0 Å². The normalized spacial score (nSPS) is 12.0. The van der Waals surface area contributed by atoms with Crippen molar-refractivity contribution in [1.82, 2.24) is 0 Å². The Bertz CT molecular complexity index is 647. The van der Waals surface area contributed by atoms with Crippen LogP contribution in [0, 0.1) is 5.82 Å². The maximum Gasteiger partial charge on any atom is 0.241 e. The number of phenols is 1. The molecule has 0 aromatic heterocycles. The Balaban J connectivity index is 2.02. The van der Waals surface area contributed by atoms with E-state index in [1.54, 1.807) is 12.1 Å². The lowest BCUT2D eigenvalue weighted by Crippen LogP contribution is -2.37. The number of benzene rings is 2. The number of phenolic OH excluding ortho intramolecular Hbond substituents is 1. The smallest absolute Gasteiger partial charge is 0.241 e. The number of nitrogens with two attached hydrogens (primary N) is 1. The van der Waals surface area contributed by atoms with Gasteiger partial charge in [-0.15, -0.1) is 0 Å². The van der Waals surface area contributed by atoms with Crippen LogP contribution in [-0.4, -0.2) is 17.1 Å². The highest BCUT2D eigenvalue weighted by atomic mass is 35.5. The van der Waals surface area contributed by atoms with Crippen LogP contribution < -0.4 is 11.1 Å². The fourth-order valence-electron chi connectivity index (χ4n) is 1.80. The van der Waals surface area contributed by atoms with Crippen molar-refractivity contribution in [3.8, 4) is 5.75 Å². The van der Waals surface area contributed by atoms with Gasteiger partial charge in [0.2, 0.25) is 5.91 Å². The monoisotopic (exact) mass is 308 g/mol. The summed E-state index contributed by atoms with van der Waals surface area (Å²) in [7, 11) is 0. The van der Waals surface area contributed by atoms with Gasteiger partial charge in [0, 0.05) is 0 Å². The lowest BCUT2D eigenvalue weighted by atomic mass is 10.1. The van der Waals surface area contributed by atoms with E-state index < -0.39 is 17.8 Å². The van der Waals surface area contributed by atoms with E-state index >= 15 is 0 Å². The molecule has 6 heteroatoms. The number of halogens is 2. The molecule has 0 aliphatic rings. The van der Waals surface area contributed by atoms with Crippen molar-refractivity contribution in [2.24, 2.45) is 5.73 Å². The van der Waals surface area contributed by atoms with Crippen LogP contribution in [0.25, 0.3) is 0 Å². The fraction of sp³-hybridized carbons (Fsp3) is 0.133. The largest absolute Gasteiger partial charge is 0.508 e. The SMILES string of the molecule is N[C@@H](Cc1ccc(O)cc1)C(=O)Nc1cccc(Cl)c1F. The highest BCUT2D eigenvalue weighted by Crippen LogP contribution is 2.22. The molecular weight excluding hydrogens is 295 g/mol. The summed E-state index contributed by atoms with van der Waals surface area (Å²) in [5.74, 6) is -1.06. The first-order valence-corrected chi connectivity index (χ1v) is 6.63. The lowest BCUT2D eigenvalue weighted by molar-refractivity contribution is -0.117. The summed E-state index contributed by atoms with van der Waals surface area (Å²) in [5, 5.41) is 11.5. The second-order valence-electron chi connectivity index (χ2n) is 4.57. The quantitative estimate of drug-likeness (QED) is 0.813. The molecule has 0 aliphatic heterocycles. The van der Waals surface area contributed by atoms with Crippen molar-refractivity contribution < 1.29 is 14.3 Å². The van der Waals surface area contributed by atoms with Crippen LogP contribution in [0.2, 0.25) is 5.02 Å². The van der Waals surface area contributed by atoms with Crippen LogP contribution in [0.15, 0.2) is 42.5 Å². The molecule has 2 aromatic rings. The number of nitrogens with one attached hydrogen (secondary N) is 1. The molecule has 0 radical (unpaired) electrons. The summed E-state index contributed by atoms with van der Waals surface area (Å²) in [4.78, 5) is 12.0. The minimum Gasteiger partial charge on any atom is -0.508 e. The van der Waals surface area contributed by atoms with Crippen molar-refractivity contribution in [2.45, 2.75) is 12.5 Å². The van der Waals surface area contributed by atoms with Gasteiger partial charge in [0.15, 0.2) is 5.82 Å². The molecule has 2 rings (SSSR count). The second-order valence-corrected chi connectivity index (χ2v) is 4.97. The van der Waals surface area contributed by atoms with E-state index in [0.717, 1.165) is 5.56 Å². The van der Waals surface area contributed by atoms with Crippen molar-refractivity contribution in [3.05, 3.63) is 58.9 Å². The van der Waals surface area contributed by atoms with E-state index in [-0.39, 0.29) is 22.9 Å². The number of anilines is 1. The van der Waals surface area contributed by atoms with Crippen LogP contribution in [0.4, 0.5) is 10.1 Å². The maximum atomic E-state index is 13.7. The Labute approximate surface area is 126 Å². The van der Waals surface area contributed by atoms with Crippen LogP contribution in [0.3, 0.4) is 0 Å². The average molecular weight is 309 g/mol. The van der Waals surface area contributed by atoms with E-state index in [2.05, 4.69) is 5.32 Å². The standard InChI is InChI=1S/C15H14ClFN2O2/c16-11-2-1-3-13(14(11)17)19-15(21)12(18)8-9-4-6-10(20)7-5-9/h1-7,12,20H,8,18H2,(H,19,21)/t12-/m0/s1. The number of carbonyl (C=O) groups excluding carboxylic acids is 1. The highest BCUT2D eigenvalue weighted by molar-refractivity contribution is 6.31. The molecule has 0 unspecified atom stereocenters. The van der Waals surface area contributed by atoms with Gasteiger partial charge in [-0.1, -0.05) is 29.8 Å². The molecule has 0 saturated carbocycles. The summed E-state index contributed by atoms with van der Waals surface area (Å²) in [6, 6.07) is 9.85. The second kappa shape index (κ2) is 6.56. The summed E-state index contributed by atoms with van der Waals surface area (Å²) in [6.07, 6.45) is 0.272. The predicted molar refractivity (Wildman–Crippen MR) is 79.8 cm³/mol. The number of aromatic hydroxyl groups is 1. The van der Waals surface area contributed by atoms with E-state index in [1.165, 1.54) is 30.3 Å². The fourth-order valence-corrected chi connectivity index (χ4v) is 1.98. The predicted octanol–water partition coefficient (Wildman–Crippen LogP) is 2.69. The van der Waals surface area contributed by atoms with E-state index in [9.17, 15) is 14.3 Å². The molecule has 1 amide bonds. The number of rotatable bonds is 4. The molecule has 0 fully saturated rings. The van der Waals surface area contributed by atoms with Crippen LogP contribution in [0.1, 0.15) is 5.56 Å². The van der Waals surface area contributed by atoms with Crippen LogP contribution >= 0.6 is 11.6 Å². The van der Waals surface area contributed by atoms with Gasteiger partial charge in [-0.05, 0) is 36.2 Å². The summed E-state index contributed by atoms with van der Waals surface area (Å²) < 4.78 is 13.7. The summed E-state index contributed by atoms with van der Waals surface area (Å²) in [6.45, 7) is 0. The molecule has 0 aliphatic carbocycles. The molecule has 2 aromatic carbocycles. The summed E-state index contributed by atoms with van der Waals surface area (Å²) in [5.41, 5.74) is 6.58. The van der Waals surface area contributed by atoms with E-state index in [4.69, 9.17) is 17.3 Å². The average Bonchev–Trinajstić information content (AvgIpc) is 2.46. The third-order valence-corrected chi connectivity index (χ3v) is 3.23. The molecule has 4 nitrogen and oxygen atoms in total. The Morgan fingerprint density at radius 2 is 1.95 bits per heavy atom. The molecule has 0 heterocycles. The molecule has 0 saturated heterocycles. The van der Waals surface area contributed by atoms with Gasteiger partial charge in [0.05, 0.1) is 16.8 Å². The molecule has 21 heavy (non-hydrogen) atoms. The molecular formula is C15H14ClFN2O2. The molecule has 0 bridgehead atoms. The highest BCUT2D eigenvalue weighted by Gasteiger charge is 2.16. The first-order valence-electron chi connectivity index (χ1n) is 6.25. The maximum absolute atomic E-state index is 13.7. The van der Waals surface area contributed by atoms with Gasteiger partial charge in [-0.3, -0.25) is 4.79 Å². The Morgan fingerprint density at radius 3 is 2.62 bits per heavy atom. The van der Waals surface area contributed by atoms with Crippen LogP contribution in [0.5, 0.6) is 5.75 Å². The molecule has 110 valence electrons. The first kappa shape index (κ1) is 15.3. The topological polar surface area (TPSA) is 75.3 Å². The number of hydrogen-bond acceptors (Lipinski definition) is 3. The van der Waals surface area contributed by atoms with Gasteiger partial charge >= 0.3 is 0 Å². The van der Waals surface area contributed by atoms with Gasteiger partial charge in [-0.25, -0.2) is 4.39 Å². The number of amides is 1. The van der Waals surface area contributed by atoms with Crippen molar-refractivity contribution in [1.29, 1.82) is 0 Å². The number of hydrogen-bond donors (Lipinski definition) is 3. The summed E-state index contributed by atoms with van der Waals surface area (Å²) >= 11 is 5.64. The molecule has 0 spiro atoms. The lowest BCUT2D eigenvalue weighted by Gasteiger charge is -2.13. The molecule has 4 N–H and O–H groups in total. The van der Waals surface area contributed by atoms with E-state index in [0.29, 0.717) is 0 Å². The number of carbonyl (C=O) groups is 1.